The predicted molar refractivity (Wildman–Crippen MR) is 109 cm³/mol. The molecule has 0 bridgehead atoms. The molecule has 0 atom stereocenters. The fraction of sp³-hybridized carbons (Fsp3) is 0.250. The molecule has 3 rings (SSSR count). The van der Waals surface area contributed by atoms with Crippen molar-refractivity contribution < 1.29 is 19.1 Å². The average Bonchev–Trinajstić information content (AvgIpc) is 3.04. The van der Waals surface area contributed by atoms with Crippen LogP contribution in [-0.4, -0.2) is 29.6 Å². The highest BCUT2D eigenvalue weighted by molar-refractivity contribution is 7.20. The highest BCUT2D eigenvalue weighted by Gasteiger charge is 2.11. The van der Waals surface area contributed by atoms with Crippen LogP contribution in [0.25, 0.3) is 10.2 Å². The lowest BCUT2D eigenvalue weighted by molar-refractivity contribution is 0.0526. The van der Waals surface area contributed by atoms with E-state index in [4.69, 9.17) is 9.47 Å². The Bertz CT molecular complexity index is 983. The molecule has 3 aromatic rings. The van der Waals surface area contributed by atoms with Crippen LogP contribution in [0.4, 0.5) is 10.5 Å². The molecule has 8 heteroatoms. The zero-order valence-electron chi connectivity index (χ0n) is 15.8. The number of carbonyl (C=O) groups is 2. The molecule has 0 unspecified atom stereocenters. The van der Waals surface area contributed by atoms with Crippen molar-refractivity contribution in [3.05, 3.63) is 48.0 Å². The Morgan fingerprint density at radius 3 is 2.57 bits per heavy atom. The van der Waals surface area contributed by atoms with Gasteiger partial charge in [-0.15, -0.1) is 0 Å². The molecule has 2 N–H and O–H groups in total. The van der Waals surface area contributed by atoms with E-state index in [2.05, 4.69) is 15.6 Å². The predicted octanol–water partition coefficient (Wildman–Crippen LogP) is 4.80. The lowest BCUT2D eigenvalue weighted by atomic mass is 10.2. The summed E-state index contributed by atoms with van der Waals surface area (Å²) in [5, 5.41) is 5.98. The number of amides is 2. The van der Waals surface area contributed by atoms with Gasteiger partial charge in [0.05, 0.1) is 22.4 Å². The van der Waals surface area contributed by atoms with Gasteiger partial charge in [0.1, 0.15) is 5.75 Å². The third-order valence-electron chi connectivity index (χ3n) is 3.62. The van der Waals surface area contributed by atoms with Crippen molar-refractivity contribution in [3.63, 3.8) is 0 Å². The first-order valence-corrected chi connectivity index (χ1v) is 9.69. The molecule has 146 valence electrons. The molecule has 1 heterocycles. The molecule has 7 nitrogen and oxygen atoms in total. The lowest BCUT2D eigenvalue weighted by Crippen LogP contribution is -2.34. The molecule has 0 saturated carbocycles. The summed E-state index contributed by atoms with van der Waals surface area (Å²) < 4.78 is 11.7. The molecule has 0 aliphatic rings. The third-order valence-corrected chi connectivity index (χ3v) is 4.51. The molecule has 2 amide bonds. The van der Waals surface area contributed by atoms with E-state index in [1.54, 1.807) is 49.4 Å². The maximum Gasteiger partial charge on any atom is 0.338 e. The number of hydrogen-bond donors (Lipinski definition) is 2. The van der Waals surface area contributed by atoms with Gasteiger partial charge in [-0.05, 0) is 63.2 Å². The Morgan fingerprint density at radius 2 is 1.89 bits per heavy atom. The maximum absolute atomic E-state index is 11.8. The molecule has 0 aliphatic heterocycles. The summed E-state index contributed by atoms with van der Waals surface area (Å²) in [6.07, 6.45) is 0. The van der Waals surface area contributed by atoms with E-state index < -0.39 is 0 Å². The second-order valence-corrected chi connectivity index (χ2v) is 7.26. The SMILES string of the molecule is CCOC(=O)c1ccc2nc(Oc3ccc(NC(=O)NC(C)C)cc3)sc2c1. The second kappa shape index (κ2) is 8.71. The Hall–Kier alpha value is -3.13. The lowest BCUT2D eigenvalue weighted by Gasteiger charge is -2.10. The number of urea groups is 1. The first kappa shape index (κ1) is 19.6. The highest BCUT2D eigenvalue weighted by Crippen LogP contribution is 2.32. The topological polar surface area (TPSA) is 89.6 Å². The van der Waals surface area contributed by atoms with Crippen LogP contribution in [0.15, 0.2) is 42.5 Å². The summed E-state index contributed by atoms with van der Waals surface area (Å²) in [4.78, 5) is 28.0. The number of fused-ring (bicyclic) bond motifs is 1. The zero-order valence-corrected chi connectivity index (χ0v) is 16.6. The summed E-state index contributed by atoms with van der Waals surface area (Å²) in [5.74, 6) is 0.240. The largest absolute Gasteiger partial charge is 0.462 e. The van der Waals surface area contributed by atoms with Crippen LogP contribution < -0.4 is 15.4 Å². The summed E-state index contributed by atoms with van der Waals surface area (Å²) in [5.41, 5.74) is 1.89. The molecule has 2 aromatic carbocycles. The number of ether oxygens (including phenoxy) is 2. The van der Waals surface area contributed by atoms with Crippen LogP contribution in [0.3, 0.4) is 0 Å². The molecular formula is C20H21N3O4S. The van der Waals surface area contributed by atoms with Crippen molar-refractivity contribution in [1.82, 2.24) is 10.3 Å². The van der Waals surface area contributed by atoms with Gasteiger partial charge in [-0.1, -0.05) is 11.3 Å². The van der Waals surface area contributed by atoms with Gasteiger partial charge in [0.25, 0.3) is 5.19 Å². The number of esters is 1. The van der Waals surface area contributed by atoms with Crippen molar-refractivity contribution in [2.45, 2.75) is 26.8 Å². The van der Waals surface area contributed by atoms with E-state index in [-0.39, 0.29) is 18.0 Å². The first-order valence-electron chi connectivity index (χ1n) is 8.87. The average molecular weight is 399 g/mol. The van der Waals surface area contributed by atoms with Gasteiger partial charge in [-0.2, -0.15) is 0 Å². The maximum atomic E-state index is 11.8. The molecule has 1 aromatic heterocycles. The minimum atomic E-state index is -0.357. The smallest absolute Gasteiger partial charge is 0.338 e. The number of thiazole rings is 1. The first-order chi connectivity index (χ1) is 13.4. The van der Waals surface area contributed by atoms with Gasteiger partial charge >= 0.3 is 12.0 Å². The van der Waals surface area contributed by atoms with Crippen LogP contribution in [0.2, 0.25) is 0 Å². The number of benzene rings is 2. The van der Waals surface area contributed by atoms with Crippen LogP contribution in [0.1, 0.15) is 31.1 Å². The number of anilines is 1. The Morgan fingerprint density at radius 1 is 1.14 bits per heavy atom. The van der Waals surface area contributed by atoms with Crippen molar-refractivity contribution in [1.29, 1.82) is 0 Å². The van der Waals surface area contributed by atoms with Crippen molar-refractivity contribution >= 4 is 39.2 Å². The number of aromatic nitrogens is 1. The van der Waals surface area contributed by atoms with Gasteiger partial charge in [-0.3, -0.25) is 0 Å². The quantitative estimate of drug-likeness (QED) is 0.582. The van der Waals surface area contributed by atoms with E-state index in [0.717, 1.165) is 10.2 Å². The highest BCUT2D eigenvalue weighted by atomic mass is 32.1. The monoisotopic (exact) mass is 399 g/mol. The summed E-state index contributed by atoms with van der Waals surface area (Å²) in [6, 6.07) is 12.0. The van der Waals surface area contributed by atoms with E-state index in [9.17, 15) is 9.59 Å². The number of carbonyl (C=O) groups excluding carboxylic acids is 2. The minimum Gasteiger partial charge on any atom is -0.462 e. The summed E-state index contributed by atoms with van der Waals surface area (Å²) >= 11 is 1.34. The van der Waals surface area contributed by atoms with Crippen LogP contribution in [-0.2, 0) is 4.74 Å². The van der Waals surface area contributed by atoms with Crippen molar-refractivity contribution in [3.8, 4) is 10.9 Å². The number of nitrogens with one attached hydrogen (secondary N) is 2. The molecule has 0 aliphatic carbocycles. The summed E-state index contributed by atoms with van der Waals surface area (Å²) in [7, 11) is 0. The molecule has 0 spiro atoms. The third kappa shape index (κ3) is 4.98. The van der Waals surface area contributed by atoms with Crippen LogP contribution >= 0.6 is 11.3 Å². The van der Waals surface area contributed by atoms with Crippen LogP contribution in [0.5, 0.6) is 10.9 Å². The molecule has 0 saturated heterocycles. The van der Waals surface area contributed by atoms with Gasteiger partial charge in [0.15, 0.2) is 0 Å². The van der Waals surface area contributed by atoms with E-state index >= 15 is 0 Å². The Kier molecular flexibility index (Phi) is 6.10. The van der Waals surface area contributed by atoms with E-state index in [1.807, 2.05) is 13.8 Å². The van der Waals surface area contributed by atoms with Crippen LogP contribution in [0, 0.1) is 0 Å². The molecule has 0 radical (unpaired) electrons. The normalized spacial score (nSPS) is 10.7. The Balaban J connectivity index is 1.68. The minimum absolute atomic E-state index is 0.0611. The van der Waals surface area contributed by atoms with Crippen molar-refractivity contribution in [2.75, 3.05) is 11.9 Å². The standard InChI is InChI=1S/C20H21N3O4S/c1-4-26-18(24)13-5-10-16-17(11-13)28-20(23-16)27-15-8-6-14(7-9-15)22-19(25)21-12(2)3/h5-12H,4H2,1-3H3,(H2,21,22,25). The van der Waals surface area contributed by atoms with Gasteiger partial charge < -0.3 is 20.1 Å². The van der Waals surface area contributed by atoms with Gasteiger partial charge in [0.2, 0.25) is 0 Å². The second-order valence-electron chi connectivity index (χ2n) is 6.26. The Labute approximate surface area is 166 Å². The van der Waals surface area contributed by atoms with Crippen molar-refractivity contribution in [2.24, 2.45) is 0 Å². The fourth-order valence-corrected chi connectivity index (χ4v) is 3.30. The molecule has 0 fully saturated rings. The van der Waals surface area contributed by atoms with Gasteiger partial charge in [-0.25, -0.2) is 14.6 Å². The summed E-state index contributed by atoms with van der Waals surface area (Å²) in [6.45, 7) is 5.89. The van der Waals surface area contributed by atoms with Gasteiger partial charge in [0, 0.05) is 11.7 Å². The number of hydrogen-bond acceptors (Lipinski definition) is 6. The number of rotatable bonds is 6. The molecule has 28 heavy (non-hydrogen) atoms. The fourth-order valence-electron chi connectivity index (χ4n) is 2.43. The van der Waals surface area contributed by atoms with E-state index in [0.29, 0.717) is 28.8 Å². The van der Waals surface area contributed by atoms with E-state index in [1.165, 1.54) is 11.3 Å². The molecular weight excluding hydrogens is 378 g/mol. The zero-order chi connectivity index (χ0) is 20.1. The number of nitrogens with zero attached hydrogens (tertiary/aromatic N) is 1.